The van der Waals surface area contributed by atoms with Gasteiger partial charge in [0.2, 0.25) is 0 Å². The molecule has 0 bridgehead atoms. The molecule has 0 aliphatic carbocycles. The molecule has 0 radical (unpaired) electrons. The molecule has 3 rings (SSSR count). The zero-order valence-corrected chi connectivity index (χ0v) is 13.6. The van der Waals surface area contributed by atoms with Crippen LogP contribution >= 0.6 is 0 Å². The number of nitrogens with zero attached hydrogens (tertiary/aromatic N) is 1. The first kappa shape index (κ1) is 16.6. The van der Waals surface area contributed by atoms with Crippen LogP contribution in [0, 0.1) is 5.82 Å². The van der Waals surface area contributed by atoms with Crippen molar-refractivity contribution in [2.24, 2.45) is 0 Å². The number of halogens is 1. The fraction of sp³-hybridized carbons (Fsp3) is 0.100. The molecule has 0 spiro atoms. The summed E-state index contributed by atoms with van der Waals surface area (Å²) >= 11 is 0. The van der Waals surface area contributed by atoms with Gasteiger partial charge in [-0.15, -0.1) is 0 Å². The summed E-state index contributed by atoms with van der Waals surface area (Å²) in [7, 11) is 0. The van der Waals surface area contributed by atoms with Gasteiger partial charge in [0.05, 0.1) is 11.9 Å². The smallest absolute Gasteiger partial charge is 0.255 e. The normalized spacial score (nSPS) is 10.3. The van der Waals surface area contributed by atoms with E-state index >= 15 is 0 Å². The Morgan fingerprint density at radius 1 is 0.960 bits per heavy atom. The fourth-order valence-corrected chi connectivity index (χ4v) is 2.39. The number of rotatable bonds is 6. The van der Waals surface area contributed by atoms with Crippen molar-refractivity contribution in [2.75, 3.05) is 17.2 Å². The molecule has 1 aromatic heterocycles. The van der Waals surface area contributed by atoms with Crippen molar-refractivity contribution in [2.45, 2.75) is 6.42 Å². The van der Waals surface area contributed by atoms with Crippen molar-refractivity contribution in [1.29, 1.82) is 0 Å². The third kappa shape index (κ3) is 4.64. The highest BCUT2D eigenvalue weighted by molar-refractivity contribution is 6.04. The first-order chi connectivity index (χ1) is 12.2. The number of anilines is 2. The van der Waals surface area contributed by atoms with Gasteiger partial charge in [0.1, 0.15) is 11.6 Å². The lowest BCUT2D eigenvalue weighted by atomic mass is 10.1. The van der Waals surface area contributed by atoms with E-state index in [1.54, 1.807) is 42.6 Å². The average Bonchev–Trinajstić information content (AvgIpc) is 2.65. The van der Waals surface area contributed by atoms with Gasteiger partial charge < -0.3 is 10.6 Å². The molecule has 126 valence electrons. The quantitative estimate of drug-likeness (QED) is 0.712. The minimum atomic E-state index is -0.198. The van der Waals surface area contributed by atoms with Gasteiger partial charge in [-0.2, -0.15) is 0 Å². The number of hydrogen-bond acceptors (Lipinski definition) is 3. The molecule has 4 nitrogen and oxygen atoms in total. The number of aromatic nitrogens is 1. The van der Waals surface area contributed by atoms with E-state index in [1.807, 2.05) is 24.3 Å². The van der Waals surface area contributed by atoms with E-state index in [1.165, 1.54) is 6.07 Å². The molecule has 0 unspecified atom stereocenters. The molecule has 0 aliphatic heterocycles. The second-order valence-electron chi connectivity index (χ2n) is 5.52. The Morgan fingerprint density at radius 3 is 2.44 bits per heavy atom. The largest absolute Gasteiger partial charge is 0.370 e. The Hall–Kier alpha value is -3.21. The van der Waals surface area contributed by atoms with Crippen LogP contribution < -0.4 is 10.6 Å². The highest BCUT2D eigenvalue weighted by Gasteiger charge is 2.05. The van der Waals surface area contributed by atoms with Crippen molar-refractivity contribution in [3.63, 3.8) is 0 Å². The van der Waals surface area contributed by atoms with E-state index in [0.29, 0.717) is 35.6 Å². The standard InChI is InChI=1S/C20H18FN3O/c21-18-9-5-4-6-15(18)12-13-22-19-11-10-17(14-23-19)24-20(25)16-7-2-1-3-8-16/h1-11,14H,12-13H2,(H,22,23)(H,24,25). The third-order valence-corrected chi connectivity index (χ3v) is 3.72. The van der Waals surface area contributed by atoms with Crippen LogP contribution in [0.25, 0.3) is 0 Å². The van der Waals surface area contributed by atoms with Gasteiger partial charge >= 0.3 is 0 Å². The van der Waals surface area contributed by atoms with E-state index < -0.39 is 0 Å². The topological polar surface area (TPSA) is 54.0 Å². The summed E-state index contributed by atoms with van der Waals surface area (Å²) in [6, 6.07) is 19.3. The highest BCUT2D eigenvalue weighted by atomic mass is 19.1. The zero-order chi connectivity index (χ0) is 17.5. The van der Waals surface area contributed by atoms with E-state index in [2.05, 4.69) is 15.6 Å². The fourth-order valence-electron chi connectivity index (χ4n) is 2.39. The molecule has 2 N–H and O–H groups in total. The number of carbonyl (C=O) groups is 1. The number of amides is 1. The second-order valence-corrected chi connectivity index (χ2v) is 5.52. The van der Waals surface area contributed by atoms with Gasteiger partial charge in [-0.1, -0.05) is 36.4 Å². The van der Waals surface area contributed by atoms with Gasteiger partial charge in [-0.25, -0.2) is 9.37 Å². The van der Waals surface area contributed by atoms with Crippen LogP contribution in [0.15, 0.2) is 72.9 Å². The van der Waals surface area contributed by atoms with Crippen LogP contribution in [-0.4, -0.2) is 17.4 Å². The number of hydrogen-bond donors (Lipinski definition) is 2. The molecule has 1 heterocycles. The van der Waals surface area contributed by atoms with Gasteiger partial charge in [-0.3, -0.25) is 4.79 Å². The first-order valence-electron chi connectivity index (χ1n) is 8.02. The molecule has 0 saturated heterocycles. The maximum atomic E-state index is 13.5. The summed E-state index contributed by atoms with van der Waals surface area (Å²) in [6.07, 6.45) is 2.16. The number of pyridine rings is 1. The minimum Gasteiger partial charge on any atom is -0.370 e. The van der Waals surface area contributed by atoms with Crippen LogP contribution in [0.4, 0.5) is 15.9 Å². The SMILES string of the molecule is O=C(Nc1ccc(NCCc2ccccc2F)nc1)c1ccccc1. The summed E-state index contributed by atoms with van der Waals surface area (Å²) in [4.78, 5) is 16.3. The van der Waals surface area contributed by atoms with Crippen LogP contribution in [0.5, 0.6) is 0 Å². The predicted molar refractivity (Wildman–Crippen MR) is 97.2 cm³/mol. The zero-order valence-electron chi connectivity index (χ0n) is 13.6. The van der Waals surface area contributed by atoms with Crippen molar-refractivity contribution in [3.05, 3.63) is 89.9 Å². The maximum Gasteiger partial charge on any atom is 0.255 e. The van der Waals surface area contributed by atoms with E-state index in [9.17, 15) is 9.18 Å². The second kappa shape index (κ2) is 8.06. The van der Waals surface area contributed by atoms with Crippen molar-refractivity contribution < 1.29 is 9.18 Å². The number of carbonyl (C=O) groups excluding carboxylic acids is 1. The van der Waals surface area contributed by atoms with E-state index in [-0.39, 0.29) is 11.7 Å². The molecule has 0 atom stereocenters. The van der Waals surface area contributed by atoms with E-state index in [4.69, 9.17) is 0 Å². The molecule has 0 aliphatic rings. The molecule has 25 heavy (non-hydrogen) atoms. The summed E-state index contributed by atoms with van der Waals surface area (Å²) in [6.45, 7) is 0.573. The summed E-state index contributed by atoms with van der Waals surface area (Å²) < 4.78 is 13.5. The molecule has 0 saturated carbocycles. The van der Waals surface area contributed by atoms with Crippen LogP contribution in [-0.2, 0) is 6.42 Å². The molecule has 0 fully saturated rings. The lowest BCUT2D eigenvalue weighted by Crippen LogP contribution is -2.12. The Labute approximate surface area is 145 Å². The number of benzene rings is 2. The Bertz CT molecular complexity index is 835. The molecule has 3 aromatic rings. The average molecular weight is 335 g/mol. The lowest BCUT2D eigenvalue weighted by molar-refractivity contribution is 0.102. The molecule has 2 aromatic carbocycles. The van der Waals surface area contributed by atoms with Crippen molar-refractivity contribution in [1.82, 2.24) is 4.98 Å². The molecular weight excluding hydrogens is 317 g/mol. The van der Waals surface area contributed by atoms with Crippen LogP contribution in [0.2, 0.25) is 0 Å². The van der Waals surface area contributed by atoms with Crippen LogP contribution in [0.1, 0.15) is 15.9 Å². The Balaban J connectivity index is 1.52. The van der Waals surface area contributed by atoms with Crippen molar-refractivity contribution in [3.8, 4) is 0 Å². The van der Waals surface area contributed by atoms with E-state index in [0.717, 1.165) is 0 Å². The van der Waals surface area contributed by atoms with Crippen LogP contribution in [0.3, 0.4) is 0 Å². The van der Waals surface area contributed by atoms with Gasteiger partial charge in [0.25, 0.3) is 5.91 Å². The summed E-state index contributed by atoms with van der Waals surface area (Å²) in [5.74, 6) is 0.299. The molecular formula is C20H18FN3O. The highest BCUT2D eigenvalue weighted by Crippen LogP contribution is 2.12. The van der Waals surface area contributed by atoms with Gasteiger partial charge in [-0.05, 0) is 42.3 Å². The lowest BCUT2D eigenvalue weighted by Gasteiger charge is -2.08. The Morgan fingerprint density at radius 2 is 1.72 bits per heavy atom. The minimum absolute atomic E-state index is 0.178. The first-order valence-corrected chi connectivity index (χ1v) is 8.02. The predicted octanol–water partition coefficient (Wildman–Crippen LogP) is 4.13. The van der Waals surface area contributed by atoms with Gasteiger partial charge in [0, 0.05) is 12.1 Å². The molecule has 5 heteroatoms. The summed E-state index contributed by atoms with van der Waals surface area (Å²) in [5, 5.41) is 5.94. The molecule has 1 amide bonds. The van der Waals surface area contributed by atoms with Gasteiger partial charge in [0.15, 0.2) is 0 Å². The monoisotopic (exact) mass is 335 g/mol. The maximum absolute atomic E-state index is 13.5. The van der Waals surface area contributed by atoms with Crippen molar-refractivity contribution >= 4 is 17.4 Å². The third-order valence-electron chi connectivity index (χ3n) is 3.72. The Kier molecular flexibility index (Phi) is 5.36. The summed E-state index contributed by atoms with van der Waals surface area (Å²) in [5.41, 5.74) is 1.88. The number of nitrogens with one attached hydrogen (secondary N) is 2.